The van der Waals surface area contributed by atoms with E-state index in [1.54, 1.807) is 16.9 Å². The molecule has 1 aliphatic carbocycles. The highest BCUT2D eigenvalue weighted by molar-refractivity contribution is 7.16. The van der Waals surface area contributed by atoms with Gasteiger partial charge >= 0.3 is 0 Å². The van der Waals surface area contributed by atoms with Crippen LogP contribution in [0.4, 0.5) is 5.95 Å². The fourth-order valence-electron chi connectivity index (χ4n) is 5.55. The van der Waals surface area contributed by atoms with Gasteiger partial charge in [0.25, 0.3) is 11.8 Å². The standard InChI is InChI=1S/C32H36N8O3S/c1-21(20-41)34-18-22-6-7-26-25(15-22)36-31(37-29(42)27-8-9-28(44-27)40-14-4-12-35-40)39(26)19-24-5-3-13-38(24)30(43)23(17-33)16-32(2)10-11-32/h4,6-9,12,14-16,21,24,34,41H,3,5,10-11,13,18-20H2,1-2H3,(H,36,37,42)/t21-,24+/m0/s1. The molecule has 2 fully saturated rings. The van der Waals surface area contributed by atoms with Crippen molar-refractivity contribution in [3.63, 3.8) is 0 Å². The van der Waals surface area contributed by atoms with Gasteiger partial charge in [-0.1, -0.05) is 19.1 Å². The second kappa shape index (κ2) is 12.4. The molecule has 2 aliphatic rings. The molecule has 12 heteroatoms. The van der Waals surface area contributed by atoms with Crippen molar-refractivity contribution in [2.24, 2.45) is 5.41 Å². The molecule has 3 N–H and O–H groups in total. The van der Waals surface area contributed by atoms with Crippen LogP contribution in [0.15, 0.2) is 60.4 Å². The SMILES string of the molecule is C[C@@H](CO)NCc1ccc2c(c1)nc(NC(=O)c1ccc(-n3cccn3)s1)n2C[C@H]1CCCN1C(=O)C(C#N)=CC1(C)CC1. The van der Waals surface area contributed by atoms with Crippen molar-refractivity contribution in [3.8, 4) is 11.1 Å². The molecule has 44 heavy (non-hydrogen) atoms. The molecule has 0 unspecified atom stereocenters. The van der Waals surface area contributed by atoms with Crippen molar-refractivity contribution in [3.05, 3.63) is 70.9 Å². The van der Waals surface area contributed by atoms with Gasteiger partial charge in [0.1, 0.15) is 16.6 Å². The maximum absolute atomic E-state index is 13.5. The van der Waals surface area contributed by atoms with Gasteiger partial charge in [0, 0.05) is 38.1 Å². The number of imidazole rings is 1. The van der Waals surface area contributed by atoms with Gasteiger partial charge in [-0.05, 0) is 73.9 Å². The smallest absolute Gasteiger partial charge is 0.268 e. The lowest BCUT2D eigenvalue weighted by Crippen LogP contribution is -2.39. The second-order valence-electron chi connectivity index (χ2n) is 12.0. The quantitative estimate of drug-likeness (QED) is 0.170. The lowest BCUT2D eigenvalue weighted by Gasteiger charge is -2.26. The first-order valence-corrected chi connectivity index (χ1v) is 15.8. The monoisotopic (exact) mass is 612 g/mol. The Balaban J connectivity index is 1.29. The lowest BCUT2D eigenvalue weighted by atomic mass is 10.0. The van der Waals surface area contributed by atoms with E-state index in [2.05, 4.69) is 28.7 Å². The molecular weight excluding hydrogens is 576 g/mol. The van der Waals surface area contributed by atoms with Crippen molar-refractivity contribution >= 4 is 40.1 Å². The van der Waals surface area contributed by atoms with Crippen LogP contribution >= 0.6 is 11.3 Å². The summed E-state index contributed by atoms with van der Waals surface area (Å²) in [5.74, 6) is -0.113. The number of hydrogen-bond acceptors (Lipinski definition) is 8. The second-order valence-corrected chi connectivity index (χ2v) is 13.1. The number of nitrogens with zero attached hydrogens (tertiary/aromatic N) is 6. The highest BCUT2D eigenvalue weighted by Gasteiger charge is 2.38. The topological polar surface area (TPSA) is 141 Å². The zero-order valence-corrected chi connectivity index (χ0v) is 25.7. The Bertz CT molecular complexity index is 1740. The number of benzene rings is 1. The molecule has 2 amide bonds. The van der Waals surface area contributed by atoms with E-state index in [0.717, 1.165) is 47.3 Å². The zero-order chi connectivity index (χ0) is 30.8. The highest BCUT2D eigenvalue weighted by atomic mass is 32.1. The Labute approximate surface area is 259 Å². The Morgan fingerprint density at radius 2 is 2.14 bits per heavy atom. The molecule has 0 bridgehead atoms. The number of thiophene rings is 1. The van der Waals surface area contributed by atoms with E-state index in [0.29, 0.717) is 30.5 Å². The molecule has 1 aromatic carbocycles. The number of aromatic nitrogens is 4. The number of rotatable bonds is 11. The number of carbonyl (C=O) groups is 2. The van der Waals surface area contributed by atoms with Crippen LogP contribution in [0.3, 0.4) is 0 Å². The first-order valence-electron chi connectivity index (χ1n) is 15.0. The maximum atomic E-state index is 13.5. The number of fused-ring (bicyclic) bond motifs is 1. The van der Waals surface area contributed by atoms with E-state index in [4.69, 9.17) is 4.98 Å². The molecule has 2 atom stereocenters. The number of allylic oxidation sites excluding steroid dienone is 1. The first kappa shape index (κ1) is 29.7. The fraction of sp³-hybridized carbons (Fsp3) is 0.406. The molecule has 1 saturated carbocycles. The molecule has 1 aliphatic heterocycles. The van der Waals surface area contributed by atoms with Crippen LogP contribution < -0.4 is 10.6 Å². The minimum absolute atomic E-state index is 0.0381. The van der Waals surface area contributed by atoms with E-state index in [1.165, 1.54) is 11.3 Å². The van der Waals surface area contributed by atoms with Crippen molar-refractivity contribution < 1.29 is 14.7 Å². The third-order valence-corrected chi connectivity index (χ3v) is 9.50. The van der Waals surface area contributed by atoms with Gasteiger partial charge in [0.15, 0.2) is 0 Å². The summed E-state index contributed by atoms with van der Waals surface area (Å²) < 4.78 is 3.68. The van der Waals surface area contributed by atoms with Gasteiger partial charge in [0.05, 0.1) is 28.6 Å². The van der Waals surface area contributed by atoms with Crippen LogP contribution in [0.1, 0.15) is 54.8 Å². The molecule has 4 aromatic rings. The Kier molecular flexibility index (Phi) is 8.35. The van der Waals surface area contributed by atoms with Gasteiger partial charge in [-0.3, -0.25) is 14.9 Å². The van der Waals surface area contributed by atoms with Crippen molar-refractivity contribution in [2.75, 3.05) is 18.5 Å². The normalized spacial score (nSPS) is 18.4. The van der Waals surface area contributed by atoms with Crippen LogP contribution in [0.5, 0.6) is 0 Å². The summed E-state index contributed by atoms with van der Waals surface area (Å²) in [5, 5.41) is 30.6. The first-order chi connectivity index (χ1) is 21.3. The summed E-state index contributed by atoms with van der Waals surface area (Å²) in [6.07, 6.45) is 8.96. The molecule has 228 valence electrons. The van der Waals surface area contributed by atoms with Crippen LogP contribution in [0.25, 0.3) is 16.0 Å². The van der Waals surface area contributed by atoms with Crippen molar-refractivity contribution in [1.82, 2.24) is 29.5 Å². The molecule has 4 heterocycles. The third-order valence-electron chi connectivity index (χ3n) is 8.43. The van der Waals surface area contributed by atoms with E-state index in [-0.39, 0.29) is 41.5 Å². The number of aliphatic hydroxyl groups excluding tert-OH is 1. The summed E-state index contributed by atoms with van der Waals surface area (Å²) >= 11 is 1.33. The van der Waals surface area contributed by atoms with Crippen LogP contribution in [0, 0.1) is 16.7 Å². The van der Waals surface area contributed by atoms with Crippen molar-refractivity contribution in [1.29, 1.82) is 5.26 Å². The third kappa shape index (κ3) is 6.31. The minimum atomic E-state index is -0.282. The average Bonchev–Trinajstić information content (AvgIpc) is 3.60. The summed E-state index contributed by atoms with van der Waals surface area (Å²) in [4.78, 5) is 34.2. The molecule has 1 saturated heterocycles. The fourth-order valence-corrected chi connectivity index (χ4v) is 6.39. The minimum Gasteiger partial charge on any atom is -0.395 e. The number of hydrogen-bond donors (Lipinski definition) is 3. The van der Waals surface area contributed by atoms with Gasteiger partial charge in [-0.15, -0.1) is 11.3 Å². The molecular formula is C32H36N8O3S. The van der Waals surface area contributed by atoms with Gasteiger partial charge < -0.3 is 19.9 Å². The molecule has 11 nitrogen and oxygen atoms in total. The lowest BCUT2D eigenvalue weighted by molar-refractivity contribution is -0.127. The van der Waals surface area contributed by atoms with Crippen LogP contribution in [0.2, 0.25) is 0 Å². The largest absolute Gasteiger partial charge is 0.395 e. The summed E-state index contributed by atoms with van der Waals surface area (Å²) in [7, 11) is 0. The Morgan fingerprint density at radius 1 is 1.30 bits per heavy atom. The Morgan fingerprint density at radius 3 is 2.86 bits per heavy atom. The van der Waals surface area contributed by atoms with E-state index in [9.17, 15) is 20.0 Å². The number of aliphatic hydroxyl groups is 1. The molecule has 6 rings (SSSR count). The number of amides is 2. The number of nitrogens with one attached hydrogen (secondary N) is 2. The van der Waals surface area contributed by atoms with Gasteiger partial charge in [0.2, 0.25) is 5.95 Å². The van der Waals surface area contributed by atoms with E-state index >= 15 is 0 Å². The summed E-state index contributed by atoms with van der Waals surface area (Å²) in [6, 6.07) is 13.4. The zero-order valence-electron chi connectivity index (χ0n) is 24.9. The highest BCUT2D eigenvalue weighted by Crippen LogP contribution is 2.47. The number of nitriles is 1. The molecule has 0 spiro atoms. The van der Waals surface area contributed by atoms with Crippen molar-refractivity contribution in [2.45, 2.75) is 64.7 Å². The van der Waals surface area contributed by atoms with Gasteiger partial charge in [-0.25, -0.2) is 9.67 Å². The van der Waals surface area contributed by atoms with E-state index < -0.39 is 0 Å². The maximum Gasteiger partial charge on any atom is 0.268 e. The molecule has 3 aromatic heterocycles. The van der Waals surface area contributed by atoms with Crippen LogP contribution in [-0.2, 0) is 17.9 Å². The number of anilines is 1. The molecule has 0 radical (unpaired) electrons. The van der Waals surface area contributed by atoms with Crippen LogP contribution in [-0.4, -0.2) is 66.4 Å². The number of carbonyl (C=O) groups excluding carboxylic acids is 2. The Hall–Kier alpha value is -4.31. The predicted molar refractivity (Wildman–Crippen MR) is 168 cm³/mol. The summed E-state index contributed by atoms with van der Waals surface area (Å²) in [6.45, 7) is 5.59. The predicted octanol–water partition coefficient (Wildman–Crippen LogP) is 4.25. The van der Waals surface area contributed by atoms with Gasteiger partial charge in [-0.2, -0.15) is 10.4 Å². The average molecular weight is 613 g/mol. The summed E-state index contributed by atoms with van der Waals surface area (Å²) in [5.41, 5.74) is 2.70. The van der Waals surface area contributed by atoms with E-state index in [1.807, 2.05) is 59.0 Å². The number of likely N-dealkylation sites (tertiary alicyclic amines) is 1.